The van der Waals surface area contributed by atoms with Crippen LogP contribution in [0.25, 0.3) is 0 Å². The molecule has 1 aromatic heterocycles. The van der Waals surface area contributed by atoms with E-state index in [0.717, 1.165) is 43.2 Å². The first-order valence-corrected chi connectivity index (χ1v) is 12.9. The summed E-state index contributed by atoms with van der Waals surface area (Å²) in [6, 6.07) is 11.4. The highest BCUT2D eigenvalue weighted by molar-refractivity contribution is 6.08. The molecule has 0 unspecified atom stereocenters. The van der Waals surface area contributed by atoms with Gasteiger partial charge in [-0.2, -0.15) is 0 Å². The Morgan fingerprint density at radius 3 is 2.16 bits per heavy atom. The summed E-state index contributed by atoms with van der Waals surface area (Å²) in [6.45, 7) is 3.98. The second kappa shape index (κ2) is 12.1. The Morgan fingerprint density at radius 2 is 1.61 bits per heavy atom. The Balaban J connectivity index is 1.91. The summed E-state index contributed by atoms with van der Waals surface area (Å²) in [5.74, 6) is 0.595. The lowest BCUT2D eigenvalue weighted by Gasteiger charge is -2.33. The number of aryl methyl sites for hydroxylation is 2. The zero-order chi connectivity index (χ0) is 27.2. The minimum absolute atomic E-state index is 0.0427. The van der Waals surface area contributed by atoms with Gasteiger partial charge < -0.3 is 23.9 Å². The molecule has 0 bridgehead atoms. The number of furan rings is 1. The predicted octanol–water partition coefficient (Wildman–Crippen LogP) is 5.76. The third-order valence-electron chi connectivity index (χ3n) is 7.18. The van der Waals surface area contributed by atoms with E-state index < -0.39 is 11.9 Å². The number of hydrogen-bond donors (Lipinski definition) is 1. The van der Waals surface area contributed by atoms with Gasteiger partial charge in [0.2, 0.25) is 11.7 Å². The number of carbonyl (C=O) groups excluding carboxylic acids is 2. The summed E-state index contributed by atoms with van der Waals surface area (Å²) in [5, 5.41) is 3.22. The van der Waals surface area contributed by atoms with Gasteiger partial charge >= 0.3 is 0 Å². The number of nitrogens with one attached hydrogen (secondary N) is 1. The molecule has 1 aliphatic rings. The maximum atomic E-state index is 14.2. The van der Waals surface area contributed by atoms with Crippen LogP contribution >= 0.6 is 0 Å². The maximum absolute atomic E-state index is 14.2. The fraction of sp³-hybridized carbons (Fsp3) is 0.400. The molecule has 1 N–H and O–H groups in total. The van der Waals surface area contributed by atoms with E-state index >= 15 is 0 Å². The first kappa shape index (κ1) is 27.1. The standard InChI is InChI=1S/C30H36N2O6/c1-19-13-14-23(16-20(19)2)32(30(34)24-12-9-15-38-24)27(29(33)31-22-10-7-6-8-11-22)21-17-25(35-3)28(37-5)26(18-21)36-4/h9,12-18,22,27H,6-8,10-11H2,1-5H3,(H,31,33)/t27-/m1/s1. The van der Waals surface area contributed by atoms with Crippen LogP contribution in [-0.2, 0) is 4.79 Å². The molecule has 2 amide bonds. The molecule has 1 saturated carbocycles. The summed E-state index contributed by atoms with van der Waals surface area (Å²) < 4.78 is 22.2. The lowest BCUT2D eigenvalue weighted by Crippen LogP contribution is -2.47. The van der Waals surface area contributed by atoms with Gasteiger partial charge in [-0.1, -0.05) is 25.3 Å². The predicted molar refractivity (Wildman–Crippen MR) is 145 cm³/mol. The fourth-order valence-electron chi connectivity index (χ4n) is 4.98. The largest absolute Gasteiger partial charge is 0.493 e. The molecule has 8 heteroatoms. The quantitative estimate of drug-likeness (QED) is 0.386. The molecule has 1 heterocycles. The van der Waals surface area contributed by atoms with E-state index in [0.29, 0.717) is 28.5 Å². The van der Waals surface area contributed by atoms with Crippen molar-refractivity contribution in [1.82, 2.24) is 5.32 Å². The van der Waals surface area contributed by atoms with Gasteiger partial charge in [0, 0.05) is 11.7 Å². The molecule has 1 aliphatic carbocycles. The van der Waals surface area contributed by atoms with E-state index in [4.69, 9.17) is 18.6 Å². The van der Waals surface area contributed by atoms with Crippen LogP contribution in [0, 0.1) is 13.8 Å². The van der Waals surface area contributed by atoms with Gasteiger partial charge in [0.05, 0.1) is 27.6 Å². The molecule has 0 spiro atoms. The molecular weight excluding hydrogens is 484 g/mol. The van der Waals surface area contributed by atoms with Gasteiger partial charge in [0.25, 0.3) is 5.91 Å². The monoisotopic (exact) mass is 520 g/mol. The van der Waals surface area contributed by atoms with Crippen LogP contribution in [-0.4, -0.2) is 39.2 Å². The van der Waals surface area contributed by atoms with Crippen molar-refractivity contribution in [2.24, 2.45) is 0 Å². The number of nitrogens with zero attached hydrogens (tertiary/aromatic N) is 1. The summed E-state index contributed by atoms with van der Waals surface area (Å²) in [4.78, 5) is 29.7. The second-order valence-corrected chi connectivity index (χ2v) is 9.63. The van der Waals surface area contributed by atoms with Gasteiger partial charge in [-0.3, -0.25) is 14.5 Å². The maximum Gasteiger partial charge on any atom is 0.294 e. The number of hydrogen-bond acceptors (Lipinski definition) is 6. The highest BCUT2D eigenvalue weighted by atomic mass is 16.5. The molecule has 38 heavy (non-hydrogen) atoms. The Kier molecular flexibility index (Phi) is 8.61. The number of carbonyl (C=O) groups is 2. The van der Waals surface area contributed by atoms with Crippen LogP contribution in [0.15, 0.2) is 53.1 Å². The summed E-state index contributed by atoms with van der Waals surface area (Å²) in [5.41, 5.74) is 3.17. The summed E-state index contributed by atoms with van der Waals surface area (Å²) in [7, 11) is 4.57. The zero-order valence-corrected chi connectivity index (χ0v) is 22.7. The van der Waals surface area contributed by atoms with E-state index in [-0.39, 0.29) is 17.7 Å². The van der Waals surface area contributed by atoms with Crippen LogP contribution in [0.3, 0.4) is 0 Å². The number of anilines is 1. The van der Waals surface area contributed by atoms with E-state index in [2.05, 4.69) is 5.32 Å². The lowest BCUT2D eigenvalue weighted by atomic mass is 9.94. The zero-order valence-electron chi connectivity index (χ0n) is 22.7. The SMILES string of the molecule is COc1cc([C@H](C(=O)NC2CCCCC2)N(C(=O)c2ccco2)c2ccc(C)c(C)c2)cc(OC)c1OC. The Morgan fingerprint density at radius 1 is 0.921 bits per heavy atom. The molecule has 0 radical (unpaired) electrons. The lowest BCUT2D eigenvalue weighted by molar-refractivity contribution is -0.123. The van der Waals surface area contributed by atoms with E-state index in [1.54, 1.807) is 24.3 Å². The van der Waals surface area contributed by atoms with Crippen molar-refractivity contribution in [3.05, 3.63) is 71.2 Å². The first-order chi connectivity index (χ1) is 18.4. The summed E-state index contributed by atoms with van der Waals surface area (Å²) >= 11 is 0. The van der Waals surface area contributed by atoms with Crippen molar-refractivity contribution in [2.75, 3.05) is 26.2 Å². The van der Waals surface area contributed by atoms with Gasteiger partial charge in [0.1, 0.15) is 6.04 Å². The molecule has 8 nitrogen and oxygen atoms in total. The van der Waals surface area contributed by atoms with Crippen molar-refractivity contribution in [1.29, 1.82) is 0 Å². The molecule has 0 saturated heterocycles. The number of rotatable bonds is 9. The van der Waals surface area contributed by atoms with Gasteiger partial charge in [-0.05, 0) is 79.8 Å². The first-order valence-electron chi connectivity index (χ1n) is 12.9. The Labute approximate surface area is 223 Å². The average Bonchev–Trinajstić information content (AvgIpc) is 3.48. The minimum Gasteiger partial charge on any atom is -0.493 e. The fourth-order valence-corrected chi connectivity index (χ4v) is 4.98. The van der Waals surface area contributed by atoms with E-state index in [9.17, 15) is 9.59 Å². The summed E-state index contributed by atoms with van der Waals surface area (Å²) in [6.07, 6.45) is 6.54. The molecule has 1 fully saturated rings. The highest BCUT2D eigenvalue weighted by Crippen LogP contribution is 2.42. The molecule has 1 atom stereocenters. The van der Waals surface area contributed by atoms with Crippen molar-refractivity contribution in [3.8, 4) is 17.2 Å². The Bertz CT molecular complexity index is 1240. The smallest absolute Gasteiger partial charge is 0.294 e. The van der Waals surface area contributed by atoms with Crippen LogP contribution in [0.1, 0.15) is 65.4 Å². The third-order valence-corrected chi connectivity index (χ3v) is 7.18. The van der Waals surface area contributed by atoms with Crippen LogP contribution in [0.5, 0.6) is 17.2 Å². The van der Waals surface area contributed by atoms with Gasteiger partial charge in [-0.25, -0.2) is 0 Å². The van der Waals surface area contributed by atoms with Gasteiger partial charge in [-0.15, -0.1) is 0 Å². The third kappa shape index (κ3) is 5.64. The normalized spacial score (nSPS) is 14.4. The van der Waals surface area contributed by atoms with E-state index in [1.807, 2.05) is 32.0 Å². The molecule has 4 rings (SSSR count). The molecule has 202 valence electrons. The van der Waals surface area contributed by atoms with Crippen LogP contribution < -0.4 is 24.4 Å². The van der Waals surface area contributed by atoms with Crippen molar-refractivity contribution in [3.63, 3.8) is 0 Å². The molecule has 0 aliphatic heterocycles. The minimum atomic E-state index is -1.04. The van der Waals surface area contributed by atoms with Gasteiger partial charge in [0.15, 0.2) is 17.3 Å². The number of methoxy groups -OCH3 is 3. The van der Waals surface area contributed by atoms with Crippen LogP contribution in [0.2, 0.25) is 0 Å². The van der Waals surface area contributed by atoms with Crippen molar-refractivity contribution in [2.45, 2.75) is 58.0 Å². The van der Waals surface area contributed by atoms with E-state index in [1.165, 1.54) is 32.5 Å². The Hall–Kier alpha value is -3.94. The topological polar surface area (TPSA) is 90.2 Å². The van der Waals surface area contributed by atoms with Crippen LogP contribution in [0.4, 0.5) is 5.69 Å². The second-order valence-electron chi connectivity index (χ2n) is 9.63. The molecular formula is C30H36N2O6. The number of benzene rings is 2. The van der Waals surface area contributed by atoms with Crippen molar-refractivity contribution >= 4 is 17.5 Å². The average molecular weight is 521 g/mol. The molecule has 2 aromatic carbocycles. The molecule has 3 aromatic rings. The number of amides is 2. The number of ether oxygens (including phenoxy) is 3. The van der Waals surface area contributed by atoms with Crippen molar-refractivity contribution < 1.29 is 28.2 Å². The highest BCUT2D eigenvalue weighted by Gasteiger charge is 2.37.